The van der Waals surface area contributed by atoms with Crippen LogP contribution in [0.15, 0.2) is 83.2 Å². The highest BCUT2D eigenvalue weighted by Crippen LogP contribution is 2.15. The lowest BCUT2D eigenvalue weighted by molar-refractivity contribution is -0.118. The zero-order valence-corrected chi connectivity index (χ0v) is 52.7. The molecule has 0 amide bonds. The Morgan fingerprint density at radius 2 is 0.659 bits per heavy atom. The van der Waals surface area contributed by atoms with Crippen molar-refractivity contribution in [3.63, 3.8) is 0 Å². The number of nitrogens with one attached hydrogen (secondary N) is 5. The predicted octanol–water partition coefficient (Wildman–Crippen LogP) is 4.26. The monoisotopic (exact) mass is 1140 g/mol. The van der Waals surface area contributed by atoms with Crippen LogP contribution in [0.5, 0.6) is 0 Å². The number of carbonyl (C=O) groups excluding carboxylic acids is 5. The average molecular weight is 1140 g/mol. The van der Waals surface area contributed by atoms with E-state index in [9.17, 15) is 24.0 Å². The largest absolute Gasteiger partial charge is 0.368 e. The summed E-state index contributed by atoms with van der Waals surface area (Å²) in [6, 6.07) is 2.16. The minimum absolute atomic E-state index is 0.172. The van der Waals surface area contributed by atoms with Gasteiger partial charge in [0.2, 0.25) is 0 Å². The minimum Gasteiger partial charge on any atom is -0.368 e. The molecule has 0 unspecified atom stereocenters. The molecule has 0 bridgehead atoms. The quantitative estimate of drug-likeness (QED) is 0.0903. The molecular formula is C62H103N15O5. The van der Waals surface area contributed by atoms with Gasteiger partial charge in [-0.1, -0.05) is 13.8 Å². The molecule has 82 heavy (non-hydrogen) atoms. The van der Waals surface area contributed by atoms with Gasteiger partial charge in [0.1, 0.15) is 29.2 Å². The molecule has 3 fully saturated rings. The maximum absolute atomic E-state index is 12.0. The molecule has 0 spiro atoms. The molecule has 20 nitrogen and oxygen atoms in total. The Morgan fingerprint density at radius 3 is 0.890 bits per heavy atom. The molecule has 456 valence electrons. The summed E-state index contributed by atoms with van der Waals surface area (Å²) in [5.74, 6) is 5.25. The number of hydrogen-bond donors (Lipinski definition) is 5. The predicted molar refractivity (Wildman–Crippen MR) is 337 cm³/mol. The number of ketones is 5. The van der Waals surface area contributed by atoms with E-state index >= 15 is 0 Å². The van der Waals surface area contributed by atoms with Gasteiger partial charge >= 0.3 is 0 Å². The average Bonchev–Trinajstić information content (AvgIpc) is 4.17. The number of likely N-dealkylation sites (N-methyl/N-ethyl adjacent to an activating group) is 2. The molecule has 20 heteroatoms. The third-order valence-corrected chi connectivity index (χ3v) is 14.0. The number of hydrogen-bond acceptors (Lipinski definition) is 20. The lowest BCUT2D eigenvalue weighted by Gasteiger charge is -2.29. The van der Waals surface area contributed by atoms with E-state index in [0.29, 0.717) is 102 Å². The van der Waals surface area contributed by atoms with Crippen LogP contribution in [-0.4, -0.2) is 244 Å². The molecular weight excluding hydrogens is 1030 g/mol. The van der Waals surface area contributed by atoms with Crippen molar-refractivity contribution in [2.75, 3.05) is 125 Å². The SMILES string of the molecule is CC(C)NC1=NCC(C(=O)CN(C)C(C)C)=C1.CC(C)NC1=NCC(C(=O)CN2CC2)=C1.CC(C)NC1=NCC(C(=O)CN2CCC2)=C1.CC(C)NC1=NCC(C(=O)CN2CCCC2)=C1.CCN(CC)CC(=O)C1=CC(NC(C)C)=NC1. The van der Waals surface area contributed by atoms with E-state index < -0.39 is 0 Å². The molecule has 8 aliphatic heterocycles. The fourth-order valence-corrected chi connectivity index (χ4v) is 8.78. The third-order valence-electron chi connectivity index (χ3n) is 14.0. The molecule has 3 saturated heterocycles. The van der Waals surface area contributed by atoms with Crippen LogP contribution in [0, 0.1) is 0 Å². The second-order valence-corrected chi connectivity index (χ2v) is 23.8. The first kappa shape index (κ1) is 68.7. The van der Waals surface area contributed by atoms with E-state index in [1.807, 2.05) is 42.3 Å². The van der Waals surface area contributed by atoms with Crippen molar-refractivity contribution in [1.29, 1.82) is 0 Å². The van der Waals surface area contributed by atoms with Crippen LogP contribution in [0.1, 0.15) is 116 Å². The first-order chi connectivity index (χ1) is 38.9. The molecule has 8 heterocycles. The summed E-state index contributed by atoms with van der Waals surface area (Å²) in [6.45, 7) is 42.5. The van der Waals surface area contributed by atoms with Gasteiger partial charge in [-0.3, -0.25) is 73.4 Å². The Balaban J connectivity index is 0.000000220. The van der Waals surface area contributed by atoms with Gasteiger partial charge < -0.3 is 26.6 Å². The molecule has 0 aromatic rings. The molecule has 0 radical (unpaired) electrons. The van der Waals surface area contributed by atoms with Crippen molar-refractivity contribution in [2.45, 2.75) is 152 Å². The highest BCUT2D eigenvalue weighted by Gasteiger charge is 2.26. The number of amidine groups is 5. The van der Waals surface area contributed by atoms with E-state index in [1.54, 1.807) is 0 Å². The topological polar surface area (TPSA) is 223 Å². The van der Waals surface area contributed by atoms with Crippen molar-refractivity contribution >= 4 is 58.1 Å². The van der Waals surface area contributed by atoms with Gasteiger partial charge in [-0.25, -0.2) is 0 Å². The van der Waals surface area contributed by atoms with Gasteiger partial charge in [-0.2, -0.15) is 0 Å². The molecule has 0 saturated carbocycles. The number of likely N-dealkylation sites (tertiary alicyclic amines) is 2. The fourth-order valence-electron chi connectivity index (χ4n) is 8.78. The van der Waals surface area contributed by atoms with E-state index in [2.05, 4.69) is 168 Å². The number of rotatable bonds is 23. The van der Waals surface area contributed by atoms with Crippen molar-refractivity contribution in [1.82, 2.24) is 51.1 Å². The highest BCUT2D eigenvalue weighted by atomic mass is 16.1. The first-order valence-electron chi connectivity index (χ1n) is 30.2. The van der Waals surface area contributed by atoms with Crippen LogP contribution in [0.2, 0.25) is 0 Å². The Kier molecular flexibility index (Phi) is 29.6. The van der Waals surface area contributed by atoms with Crippen molar-refractivity contribution in [3.05, 3.63) is 58.2 Å². The summed E-state index contributed by atoms with van der Waals surface area (Å²) < 4.78 is 0. The Bertz CT molecular complexity index is 2340. The molecule has 0 aliphatic carbocycles. The second-order valence-electron chi connectivity index (χ2n) is 23.8. The molecule has 8 aliphatic rings. The van der Waals surface area contributed by atoms with Gasteiger partial charge in [-0.05, 0) is 179 Å². The third kappa shape index (κ3) is 26.2. The number of Topliss-reactive ketones (excluding diaryl/α,β-unsaturated/α-hetero) is 5. The normalized spacial score (nSPS) is 18.3. The smallest absolute Gasteiger partial charge is 0.174 e. The van der Waals surface area contributed by atoms with Crippen molar-refractivity contribution in [3.8, 4) is 0 Å². The van der Waals surface area contributed by atoms with Crippen molar-refractivity contribution in [2.24, 2.45) is 25.0 Å². The van der Waals surface area contributed by atoms with Gasteiger partial charge in [0, 0.05) is 77.2 Å². The van der Waals surface area contributed by atoms with Crippen LogP contribution >= 0.6 is 0 Å². The zero-order chi connectivity index (χ0) is 60.5. The van der Waals surface area contributed by atoms with E-state index in [-0.39, 0.29) is 28.9 Å². The van der Waals surface area contributed by atoms with Gasteiger partial charge in [0.15, 0.2) is 28.9 Å². The Labute approximate surface area is 491 Å². The minimum atomic E-state index is 0.172. The van der Waals surface area contributed by atoms with Crippen LogP contribution in [0.4, 0.5) is 0 Å². The summed E-state index contributed by atoms with van der Waals surface area (Å²) in [5, 5.41) is 16.1. The van der Waals surface area contributed by atoms with Gasteiger partial charge in [0.25, 0.3) is 0 Å². The molecule has 5 N–H and O–H groups in total. The summed E-state index contributed by atoms with van der Waals surface area (Å²) in [7, 11) is 1.96. The van der Waals surface area contributed by atoms with Gasteiger partial charge in [-0.15, -0.1) is 0 Å². The van der Waals surface area contributed by atoms with E-state index in [4.69, 9.17) is 0 Å². The maximum atomic E-state index is 12.0. The number of nitrogens with zero attached hydrogens (tertiary/aromatic N) is 10. The summed E-state index contributed by atoms with van der Waals surface area (Å²) in [5.41, 5.74) is 4.15. The summed E-state index contributed by atoms with van der Waals surface area (Å²) in [4.78, 5) is 91.8. The summed E-state index contributed by atoms with van der Waals surface area (Å²) >= 11 is 0. The lowest BCUT2D eigenvalue weighted by atomic mass is 10.1. The molecule has 0 atom stereocenters. The fraction of sp³-hybridized carbons (Fsp3) is 0.677. The molecule has 0 aromatic carbocycles. The van der Waals surface area contributed by atoms with Crippen LogP contribution in [0.3, 0.4) is 0 Å². The standard InChI is InChI=1S/C13H21N3O.2C13H23N3O.C12H19N3O.C11H17N3O/c1-10(2)15-13-7-11(8-14-13)12(17)9-16-5-3-4-6-16;1-9(2)15-13-6-11(7-14-13)12(17)8-16(5)10(3)4;1-5-16(6-2)9-12(17)11-7-13(14-8-11)15-10(3)4;1-9(2)14-12-6-10(7-13-12)11(16)8-15-4-3-5-15;1-8(2)13-11-5-9(6-12-11)10(15)7-14-3-4-14/h7,10H,3-6,8-9H2,1-2H3,(H,14,15);6,9-10H,7-8H2,1-5H3,(H,14,15);7,10H,5-6,8-9H2,1-4H3,(H,14,15);6,9H,3-5,7-8H2,1-2H3,(H,13,14);5,8H,3-4,6-7H2,1-2H3,(H,12,13). The van der Waals surface area contributed by atoms with Crippen LogP contribution in [0.25, 0.3) is 0 Å². The second kappa shape index (κ2) is 35.4. The van der Waals surface area contributed by atoms with Crippen LogP contribution < -0.4 is 26.6 Å². The van der Waals surface area contributed by atoms with Gasteiger partial charge in [0.05, 0.1) is 65.4 Å². The highest BCUT2D eigenvalue weighted by molar-refractivity contribution is 6.10. The zero-order valence-electron chi connectivity index (χ0n) is 52.7. The van der Waals surface area contributed by atoms with Crippen LogP contribution in [-0.2, 0) is 24.0 Å². The molecule has 0 aromatic heterocycles. The maximum Gasteiger partial charge on any atom is 0.174 e. The van der Waals surface area contributed by atoms with Crippen molar-refractivity contribution < 1.29 is 24.0 Å². The van der Waals surface area contributed by atoms with E-state index in [1.165, 1.54) is 19.3 Å². The first-order valence-corrected chi connectivity index (χ1v) is 30.2. The Morgan fingerprint density at radius 1 is 0.402 bits per heavy atom. The lowest BCUT2D eigenvalue weighted by Crippen LogP contribution is -2.41. The number of carbonyl (C=O) groups is 5. The van der Waals surface area contributed by atoms with E-state index in [0.717, 1.165) is 109 Å². The molecule has 8 rings (SSSR count). The summed E-state index contributed by atoms with van der Waals surface area (Å²) in [6.07, 6.45) is 13.1. The number of aliphatic imine (C=N–C) groups is 5. The Hall–Kier alpha value is -5.80.